The van der Waals surface area contributed by atoms with Crippen LogP contribution in [-0.2, 0) is 11.3 Å². The Hall–Kier alpha value is -1.85. The topological polar surface area (TPSA) is 84.2 Å². The number of aromatic nitrogens is 2. The summed E-state index contributed by atoms with van der Waals surface area (Å²) in [5, 5.41) is 15.0. The van der Waals surface area contributed by atoms with Gasteiger partial charge in [0, 0.05) is 12.7 Å². The van der Waals surface area contributed by atoms with Crippen LogP contribution in [0.25, 0.3) is 0 Å². The molecule has 6 heteroatoms. The molecule has 1 heterocycles. The number of carbonyl (C=O) groups excluding carboxylic acids is 1. The van der Waals surface area contributed by atoms with Gasteiger partial charge in [-0.1, -0.05) is 6.92 Å². The largest absolute Gasteiger partial charge is 0.480 e. The monoisotopic (exact) mass is 225 g/mol. The molecule has 0 aliphatic carbocycles. The normalized spacial score (nSPS) is 12.1. The van der Waals surface area contributed by atoms with E-state index < -0.39 is 17.9 Å². The fourth-order valence-electron chi connectivity index (χ4n) is 1.17. The van der Waals surface area contributed by atoms with Gasteiger partial charge in [0.05, 0.1) is 11.8 Å². The molecule has 0 spiro atoms. The maximum absolute atomic E-state index is 11.5. The van der Waals surface area contributed by atoms with Crippen molar-refractivity contribution in [2.45, 2.75) is 32.9 Å². The number of carboxylic acids is 1. The predicted molar refractivity (Wildman–Crippen MR) is 57.1 cm³/mol. The van der Waals surface area contributed by atoms with Crippen LogP contribution < -0.4 is 5.32 Å². The van der Waals surface area contributed by atoms with Crippen molar-refractivity contribution in [3.05, 3.63) is 18.0 Å². The molecule has 0 aliphatic heterocycles. The molecular formula is C10H15N3O3. The highest BCUT2D eigenvalue weighted by Crippen LogP contribution is 1.99. The van der Waals surface area contributed by atoms with Crippen molar-refractivity contribution in [1.82, 2.24) is 15.1 Å². The van der Waals surface area contributed by atoms with E-state index in [4.69, 9.17) is 5.11 Å². The Balaban J connectivity index is 2.62. The number of hydrogen-bond donors (Lipinski definition) is 2. The van der Waals surface area contributed by atoms with Gasteiger partial charge in [-0.25, -0.2) is 0 Å². The van der Waals surface area contributed by atoms with Crippen molar-refractivity contribution < 1.29 is 14.7 Å². The van der Waals surface area contributed by atoms with Crippen molar-refractivity contribution in [3.63, 3.8) is 0 Å². The summed E-state index contributed by atoms with van der Waals surface area (Å²) in [5.74, 6) is -1.48. The lowest BCUT2D eigenvalue weighted by Gasteiger charge is -2.07. The second kappa shape index (κ2) is 5.29. The van der Waals surface area contributed by atoms with E-state index in [1.807, 2.05) is 6.92 Å². The van der Waals surface area contributed by atoms with Crippen LogP contribution in [0.3, 0.4) is 0 Å². The number of aliphatic carboxylic acids is 1. The molecule has 0 fully saturated rings. The zero-order chi connectivity index (χ0) is 12.1. The first kappa shape index (κ1) is 12.2. The number of hydrogen-bond acceptors (Lipinski definition) is 3. The van der Waals surface area contributed by atoms with Gasteiger partial charge in [-0.3, -0.25) is 14.3 Å². The molecule has 0 radical (unpaired) electrons. The highest BCUT2D eigenvalue weighted by molar-refractivity contribution is 5.96. The second-order valence-corrected chi connectivity index (χ2v) is 3.53. The zero-order valence-corrected chi connectivity index (χ0v) is 9.30. The Kier molecular flexibility index (Phi) is 4.04. The minimum absolute atomic E-state index is 0.376. The molecule has 2 N–H and O–H groups in total. The molecule has 16 heavy (non-hydrogen) atoms. The molecule has 1 aromatic heterocycles. The van der Waals surface area contributed by atoms with Gasteiger partial charge in [-0.05, 0) is 13.3 Å². The van der Waals surface area contributed by atoms with Crippen LogP contribution in [-0.4, -0.2) is 32.8 Å². The first-order valence-corrected chi connectivity index (χ1v) is 5.10. The quantitative estimate of drug-likeness (QED) is 0.764. The molecule has 0 aliphatic rings. The maximum atomic E-state index is 11.5. The fraction of sp³-hybridized carbons (Fsp3) is 0.500. The van der Waals surface area contributed by atoms with Crippen molar-refractivity contribution in [2.75, 3.05) is 0 Å². The Morgan fingerprint density at radius 1 is 1.62 bits per heavy atom. The zero-order valence-electron chi connectivity index (χ0n) is 9.30. The summed E-state index contributed by atoms with van der Waals surface area (Å²) in [7, 11) is 0. The van der Waals surface area contributed by atoms with E-state index in [0.717, 1.165) is 13.0 Å². The van der Waals surface area contributed by atoms with E-state index >= 15 is 0 Å². The van der Waals surface area contributed by atoms with Crippen LogP contribution in [0.1, 0.15) is 30.6 Å². The van der Waals surface area contributed by atoms with Gasteiger partial charge in [0.15, 0.2) is 0 Å². The number of amides is 1. The van der Waals surface area contributed by atoms with E-state index in [2.05, 4.69) is 10.4 Å². The van der Waals surface area contributed by atoms with E-state index in [9.17, 15) is 9.59 Å². The molecule has 1 atom stereocenters. The smallest absolute Gasteiger partial charge is 0.325 e. The van der Waals surface area contributed by atoms with Crippen LogP contribution in [0.4, 0.5) is 0 Å². The number of aryl methyl sites for hydroxylation is 1. The summed E-state index contributed by atoms with van der Waals surface area (Å²) in [5.41, 5.74) is 0.376. The molecule has 6 nitrogen and oxygen atoms in total. The predicted octanol–water partition coefficient (Wildman–Crippen LogP) is 0.496. The Labute approximate surface area is 93.3 Å². The second-order valence-electron chi connectivity index (χ2n) is 3.53. The van der Waals surface area contributed by atoms with E-state index in [1.54, 1.807) is 10.9 Å². The Morgan fingerprint density at radius 3 is 2.88 bits per heavy atom. The molecule has 0 bridgehead atoms. The van der Waals surface area contributed by atoms with E-state index in [0.29, 0.717) is 5.56 Å². The SMILES string of the molecule is CCCn1cc(C(=O)N[C@H](C)C(=O)O)cn1. The van der Waals surface area contributed by atoms with E-state index in [1.165, 1.54) is 13.1 Å². The molecule has 0 saturated carbocycles. The lowest BCUT2D eigenvalue weighted by molar-refractivity contribution is -0.138. The summed E-state index contributed by atoms with van der Waals surface area (Å²) in [6.07, 6.45) is 3.96. The molecule has 1 amide bonds. The van der Waals surface area contributed by atoms with Crippen molar-refractivity contribution in [2.24, 2.45) is 0 Å². The average Bonchev–Trinajstić information content (AvgIpc) is 2.66. The number of nitrogens with one attached hydrogen (secondary N) is 1. The van der Waals surface area contributed by atoms with Crippen molar-refractivity contribution in [1.29, 1.82) is 0 Å². The lowest BCUT2D eigenvalue weighted by Crippen LogP contribution is -2.38. The van der Waals surface area contributed by atoms with Crippen molar-refractivity contribution >= 4 is 11.9 Å². The molecular weight excluding hydrogens is 210 g/mol. The van der Waals surface area contributed by atoms with Crippen LogP contribution >= 0.6 is 0 Å². The summed E-state index contributed by atoms with van der Waals surface area (Å²) < 4.78 is 1.65. The van der Waals surface area contributed by atoms with Gasteiger partial charge in [-0.2, -0.15) is 5.10 Å². The summed E-state index contributed by atoms with van der Waals surface area (Å²) in [4.78, 5) is 22.1. The van der Waals surface area contributed by atoms with Gasteiger partial charge in [-0.15, -0.1) is 0 Å². The third-order valence-corrected chi connectivity index (χ3v) is 2.07. The molecule has 1 rings (SSSR count). The van der Waals surface area contributed by atoms with Gasteiger partial charge in [0.1, 0.15) is 6.04 Å². The fourth-order valence-corrected chi connectivity index (χ4v) is 1.17. The molecule has 0 aromatic carbocycles. The highest BCUT2D eigenvalue weighted by atomic mass is 16.4. The van der Waals surface area contributed by atoms with Gasteiger partial charge in [0.2, 0.25) is 0 Å². The highest BCUT2D eigenvalue weighted by Gasteiger charge is 2.16. The molecule has 0 unspecified atom stereocenters. The van der Waals surface area contributed by atoms with E-state index in [-0.39, 0.29) is 0 Å². The molecule has 1 aromatic rings. The number of carboxylic acid groups (broad SMARTS) is 1. The van der Waals surface area contributed by atoms with Crippen LogP contribution in [0, 0.1) is 0 Å². The van der Waals surface area contributed by atoms with Crippen molar-refractivity contribution in [3.8, 4) is 0 Å². The van der Waals surface area contributed by atoms with Crippen LogP contribution in [0.2, 0.25) is 0 Å². The lowest BCUT2D eigenvalue weighted by atomic mass is 10.3. The summed E-state index contributed by atoms with van der Waals surface area (Å²) in [6, 6.07) is -0.901. The van der Waals surface area contributed by atoms with Gasteiger partial charge < -0.3 is 10.4 Å². The van der Waals surface area contributed by atoms with Crippen LogP contribution in [0.5, 0.6) is 0 Å². The molecule has 0 saturated heterocycles. The summed E-state index contributed by atoms with van der Waals surface area (Å²) in [6.45, 7) is 4.16. The first-order valence-electron chi connectivity index (χ1n) is 5.10. The minimum Gasteiger partial charge on any atom is -0.480 e. The number of nitrogens with zero attached hydrogens (tertiary/aromatic N) is 2. The molecule has 88 valence electrons. The standard InChI is InChI=1S/C10H15N3O3/c1-3-4-13-6-8(5-11-13)9(14)12-7(2)10(15)16/h5-7H,3-4H2,1-2H3,(H,12,14)(H,15,16)/t7-/m1/s1. The van der Waals surface area contributed by atoms with Gasteiger partial charge >= 0.3 is 5.97 Å². The maximum Gasteiger partial charge on any atom is 0.325 e. The van der Waals surface area contributed by atoms with Gasteiger partial charge in [0.25, 0.3) is 5.91 Å². The Morgan fingerprint density at radius 2 is 2.31 bits per heavy atom. The van der Waals surface area contributed by atoms with Crippen LogP contribution in [0.15, 0.2) is 12.4 Å². The third-order valence-electron chi connectivity index (χ3n) is 2.07. The Bertz CT molecular complexity index is 386. The number of rotatable bonds is 5. The average molecular weight is 225 g/mol. The first-order chi connectivity index (χ1) is 7.54. The summed E-state index contributed by atoms with van der Waals surface area (Å²) >= 11 is 0. The third kappa shape index (κ3) is 3.08. The minimum atomic E-state index is -1.06. The number of carbonyl (C=O) groups is 2.